The van der Waals surface area contributed by atoms with Crippen LogP contribution in [0.4, 0.5) is 18.9 Å². The zero-order valence-corrected chi connectivity index (χ0v) is 18.1. The van der Waals surface area contributed by atoms with Gasteiger partial charge in [0.15, 0.2) is 5.54 Å². The van der Waals surface area contributed by atoms with E-state index >= 15 is 0 Å². The quantitative estimate of drug-likeness (QED) is 0.597. The van der Waals surface area contributed by atoms with Gasteiger partial charge >= 0.3 is 6.61 Å². The summed E-state index contributed by atoms with van der Waals surface area (Å²) in [5.41, 5.74) is -2.87. The van der Waals surface area contributed by atoms with Crippen molar-refractivity contribution in [2.75, 3.05) is 4.90 Å². The van der Waals surface area contributed by atoms with E-state index in [9.17, 15) is 22.8 Å². The molecule has 32 heavy (non-hydrogen) atoms. The maximum absolute atomic E-state index is 14.1. The van der Waals surface area contributed by atoms with Crippen LogP contribution in [0.1, 0.15) is 30.9 Å². The van der Waals surface area contributed by atoms with Gasteiger partial charge in [-0.1, -0.05) is 29.3 Å². The minimum absolute atomic E-state index is 0.178. The predicted molar refractivity (Wildman–Crippen MR) is 111 cm³/mol. The minimum atomic E-state index is -2.90. The molecule has 0 spiro atoms. The third-order valence-electron chi connectivity index (χ3n) is 5.44. The van der Waals surface area contributed by atoms with E-state index in [2.05, 4.69) is 20.0 Å². The number of carbonyl (C=O) groups is 2. The zero-order valence-electron chi connectivity index (χ0n) is 17.3. The number of alkyl halides is 4. The van der Waals surface area contributed by atoms with Crippen LogP contribution >= 0.6 is 11.6 Å². The van der Waals surface area contributed by atoms with Crippen LogP contribution < -0.4 is 10.2 Å². The van der Waals surface area contributed by atoms with Crippen molar-refractivity contribution in [3.05, 3.63) is 54.1 Å². The van der Waals surface area contributed by atoms with E-state index in [1.165, 1.54) is 25.6 Å². The van der Waals surface area contributed by atoms with Gasteiger partial charge in [-0.05, 0) is 38.8 Å². The maximum atomic E-state index is 14.1. The molecule has 0 radical (unpaired) electrons. The first-order chi connectivity index (χ1) is 15.1. The molecule has 1 N–H and O–H groups in total. The van der Waals surface area contributed by atoms with Gasteiger partial charge in [-0.2, -0.15) is 8.78 Å². The second-order valence-electron chi connectivity index (χ2n) is 7.67. The Morgan fingerprint density at radius 1 is 1.19 bits per heavy atom. The van der Waals surface area contributed by atoms with Gasteiger partial charge in [-0.25, -0.2) is 14.4 Å². The molecule has 1 aromatic heterocycles. The molecule has 1 heterocycles. The molecule has 172 valence electrons. The lowest BCUT2D eigenvalue weighted by molar-refractivity contribution is -0.186. The van der Waals surface area contributed by atoms with E-state index < -0.39 is 41.7 Å². The molecule has 2 atom stereocenters. The minimum Gasteiger partial charge on any atom is -0.351 e. The van der Waals surface area contributed by atoms with Gasteiger partial charge in [0.05, 0.1) is 6.10 Å². The average molecular weight is 471 g/mol. The first-order valence-corrected chi connectivity index (χ1v) is 10.3. The van der Waals surface area contributed by atoms with Crippen molar-refractivity contribution >= 4 is 29.1 Å². The molecule has 7 nitrogen and oxygen atoms in total. The lowest BCUT2D eigenvalue weighted by atomic mass is 9.85. The number of nitrogens with one attached hydrogen (secondary N) is 1. The van der Waals surface area contributed by atoms with Gasteiger partial charge < -0.3 is 10.1 Å². The fourth-order valence-corrected chi connectivity index (χ4v) is 3.67. The molecule has 3 rings (SSSR count). The first kappa shape index (κ1) is 23.9. The monoisotopic (exact) mass is 470 g/mol. The number of carbonyl (C=O) groups excluding carboxylic acids is 2. The molecule has 11 heteroatoms. The van der Waals surface area contributed by atoms with E-state index in [-0.39, 0.29) is 24.1 Å². The molecule has 0 unspecified atom stereocenters. The Kier molecular flexibility index (Phi) is 7.35. The number of hydrogen-bond acceptors (Lipinski definition) is 5. The fraction of sp³-hybridized carbons (Fsp3) is 0.429. The van der Waals surface area contributed by atoms with Crippen LogP contribution in [0, 0.1) is 6.92 Å². The van der Waals surface area contributed by atoms with Gasteiger partial charge in [0.1, 0.15) is 6.33 Å². The van der Waals surface area contributed by atoms with Gasteiger partial charge in [0, 0.05) is 29.7 Å². The smallest absolute Gasteiger partial charge is 0.345 e. The second kappa shape index (κ2) is 9.83. The number of nitrogens with zero attached hydrogens (tertiary/aromatic N) is 3. The van der Waals surface area contributed by atoms with Crippen molar-refractivity contribution in [2.45, 2.75) is 56.6 Å². The number of ether oxygens (including phenoxy) is 1. The molecule has 2 aromatic rings. The highest BCUT2D eigenvalue weighted by molar-refractivity contribution is 6.32. The Hall–Kier alpha value is -2.72. The Labute approximate surface area is 187 Å². The van der Waals surface area contributed by atoms with Crippen LogP contribution in [0.15, 0.2) is 43.0 Å². The summed E-state index contributed by atoms with van der Waals surface area (Å²) >= 11 is 5.51. The van der Waals surface area contributed by atoms with Crippen LogP contribution in [0.5, 0.6) is 0 Å². The van der Waals surface area contributed by atoms with Crippen molar-refractivity contribution in [3.8, 4) is 0 Å². The van der Waals surface area contributed by atoms with Crippen LogP contribution in [-0.2, 0) is 19.9 Å². The van der Waals surface area contributed by atoms with Crippen LogP contribution in [-0.4, -0.2) is 46.2 Å². The van der Waals surface area contributed by atoms with Gasteiger partial charge in [-0.15, -0.1) is 0 Å². The highest BCUT2D eigenvalue weighted by Crippen LogP contribution is 2.36. The summed E-state index contributed by atoms with van der Waals surface area (Å²) in [5.74, 6) is -1.82. The van der Waals surface area contributed by atoms with E-state index in [0.29, 0.717) is 0 Å². The lowest BCUT2D eigenvalue weighted by Crippen LogP contribution is -2.61. The summed E-state index contributed by atoms with van der Waals surface area (Å²) in [5, 5.41) is 2.74. The Morgan fingerprint density at radius 3 is 2.31 bits per heavy atom. The second-order valence-corrected chi connectivity index (χ2v) is 8.05. The van der Waals surface area contributed by atoms with Crippen molar-refractivity contribution in [2.24, 2.45) is 0 Å². The van der Waals surface area contributed by atoms with Crippen LogP contribution in [0.2, 0.25) is 0 Å². The van der Waals surface area contributed by atoms with E-state index in [0.717, 1.165) is 10.5 Å². The summed E-state index contributed by atoms with van der Waals surface area (Å²) in [7, 11) is 0. The van der Waals surface area contributed by atoms with E-state index in [4.69, 9.17) is 11.6 Å². The SMILES string of the molecule is Cc1ccc(N(C(=O)[C@H](F)Cl)[C@](C)(C(=O)NC2CC(OC(F)F)C2)c2cncnc2)cc1. The third-order valence-corrected chi connectivity index (χ3v) is 5.62. The summed E-state index contributed by atoms with van der Waals surface area (Å²) in [6.45, 7) is 0.355. The number of amides is 2. The summed E-state index contributed by atoms with van der Waals surface area (Å²) < 4.78 is 43.2. The third kappa shape index (κ3) is 5.02. The van der Waals surface area contributed by atoms with Gasteiger partial charge in [0.25, 0.3) is 17.4 Å². The summed E-state index contributed by atoms with van der Waals surface area (Å²) in [4.78, 5) is 35.2. The molecule has 2 amide bonds. The molecule has 0 saturated heterocycles. The van der Waals surface area contributed by atoms with Crippen LogP contribution in [0.3, 0.4) is 0 Å². The number of benzene rings is 1. The largest absolute Gasteiger partial charge is 0.351 e. The topological polar surface area (TPSA) is 84.4 Å². The number of rotatable bonds is 8. The molecule has 1 fully saturated rings. The van der Waals surface area contributed by atoms with Crippen molar-refractivity contribution in [3.63, 3.8) is 0 Å². The molecular formula is C21H22ClF3N4O3. The number of halogens is 4. The lowest BCUT2D eigenvalue weighted by Gasteiger charge is -2.43. The van der Waals surface area contributed by atoms with E-state index in [1.807, 2.05) is 6.92 Å². The highest BCUT2D eigenvalue weighted by atomic mass is 35.5. The Bertz CT molecular complexity index is 943. The zero-order chi connectivity index (χ0) is 23.5. The highest BCUT2D eigenvalue weighted by Gasteiger charge is 2.48. The average Bonchev–Trinajstić information content (AvgIpc) is 2.73. The Morgan fingerprint density at radius 2 is 1.78 bits per heavy atom. The number of anilines is 1. The van der Waals surface area contributed by atoms with Crippen molar-refractivity contribution < 1.29 is 27.5 Å². The fourth-order valence-electron chi connectivity index (χ4n) is 3.58. The summed E-state index contributed by atoms with van der Waals surface area (Å²) in [6, 6.07) is 6.09. The van der Waals surface area contributed by atoms with Crippen molar-refractivity contribution in [1.82, 2.24) is 15.3 Å². The van der Waals surface area contributed by atoms with Crippen LogP contribution in [0.25, 0.3) is 0 Å². The molecule has 1 aliphatic rings. The number of aryl methyl sites for hydroxylation is 1. The standard InChI is InChI=1S/C21H22ClF3N4O3/c1-12-3-5-15(6-4-12)29(18(30)17(22)23)21(2,13-9-26-11-27-10-13)19(31)28-14-7-16(8-14)32-20(24)25/h3-6,9-11,14,16-17,20H,7-8H2,1-2H3,(H,28,31)/t14?,16?,17-,21-/m0/s1. The van der Waals surface area contributed by atoms with Gasteiger partial charge in [0.2, 0.25) is 0 Å². The van der Waals surface area contributed by atoms with E-state index in [1.54, 1.807) is 24.3 Å². The molecular weight excluding hydrogens is 449 g/mol. The maximum Gasteiger partial charge on any atom is 0.345 e. The molecule has 1 aromatic carbocycles. The van der Waals surface area contributed by atoms with Crippen molar-refractivity contribution in [1.29, 1.82) is 0 Å². The first-order valence-electron chi connectivity index (χ1n) is 9.82. The van der Waals surface area contributed by atoms with Gasteiger partial charge in [-0.3, -0.25) is 14.5 Å². The summed E-state index contributed by atoms with van der Waals surface area (Å²) in [6.07, 6.45) is 3.60. The molecule has 0 aliphatic heterocycles. The molecule has 1 aliphatic carbocycles. The molecule has 1 saturated carbocycles. The Balaban J connectivity index is 1.98. The normalized spacial score (nSPS) is 20.7. The number of aromatic nitrogens is 2. The predicted octanol–water partition coefficient (Wildman–Crippen LogP) is 3.45. The molecule has 0 bridgehead atoms. The number of hydrogen-bond donors (Lipinski definition) is 1.